The zero-order valence-electron chi connectivity index (χ0n) is 20.4. The predicted octanol–water partition coefficient (Wildman–Crippen LogP) is 7.64. The highest BCUT2D eigenvalue weighted by Gasteiger charge is 2.13. The molecule has 4 aromatic carbocycles. The second-order valence-corrected chi connectivity index (χ2v) is 9.03. The number of nitrogens with zero attached hydrogens (tertiary/aromatic N) is 5. The molecular formula is C33H21N5. The standard InChI is InChI=1S/C33H21N5/c1-3-9-24(10-4-1)31-36-32(25-11-5-2-6-12-25)38-33(37-31)27-14-7-13-26(21-27)28-19-18-23-17-16-22-15-8-20-34-29(22)30(23)35-28/h1-21H. The zero-order valence-corrected chi connectivity index (χ0v) is 20.4. The van der Waals surface area contributed by atoms with Crippen molar-refractivity contribution < 1.29 is 0 Å². The summed E-state index contributed by atoms with van der Waals surface area (Å²) in [6.45, 7) is 0. The van der Waals surface area contributed by atoms with E-state index in [9.17, 15) is 0 Å². The lowest BCUT2D eigenvalue weighted by Crippen LogP contribution is -2.00. The number of pyridine rings is 2. The van der Waals surface area contributed by atoms with E-state index < -0.39 is 0 Å². The number of rotatable bonds is 4. The van der Waals surface area contributed by atoms with Crippen molar-refractivity contribution in [3.05, 3.63) is 128 Å². The van der Waals surface area contributed by atoms with Crippen molar-refractivity contribution in [2.75, 3.05) is 0 Å². The molecule has 0 saturated heterocycles. The first-order valence-corrected chi connectivity index (χ1v) is 12.4. The van der Waals surface area contributed by atoms with E-state index in [1.165, 1.54) is 0 Å². The number of hydrogen-bond donors (Lipinski definition) is 0. The number of hydrogen-bond acceptors (Lipinski definition) is 5. The monoisotopic (exact) mass is 487 g/mol. The van der Waals surface area contributed by atoms with Gasteiger partial charge in [-0.3, -0.25) is 4.98 Å². The van der Waals surface area contributed by atoms with E-state index in [0.717, 1.165) is 49.8 Å². The lowest BCUT2D eigenvalue weighted by molar-refractivity contribution is 1.07. The molecule has 5 heteroatoms. The lowest BCUT2D eigenvalue weighted by atomic mass is 10.0. The van der Waals surface area contributed by atoms with Gasteiger partial charge in [-0.25, -0.2) is 19.9 Å². The highest BCUT2D eigenvalue weighted by molar-refractivity contribution is 6.03. The van der Waals surface area contributed by atoms with Crippen LogP contribution in [-0.2, 0) is 0 Å². The normalized spacial score (nSPS) is 11.2. The van der Waals surface area contributed by atoms with E-state index in [-0.39, 0.29) is 0 Å². The molecule has 0 N–H and O–H groups in total. The second kappa shape index (κ2) is 9.30. The van der Waals surface area contributed by atoms with Crippen molar-refractivity contribution in [1.82, 2.24) is 24.9 Å². The minimum absolute atomic E-state index is 0.618. The van der Waals surface area contributed by atoms with Crippen LogP contribution >= 0.6 is 0 Å². The summed E-state index contributed by atoms with van der Waals surface area (Å²) in [6.07, 6.45) is 1.81. The Bertz CT molecular complexity index is 1860. The van der Waals surface area contributed by atoms with Gasteiger partial charge in [0.1, 0.15) is 0 Å². The molecule has 0 saturated carbocycles. The van der Waals surface area contributed by atoms with Crippen molar-refractivity contribution >= 4 is 21.8 Å². The minimum Gasteiger partial charge on any atom is -0.254 e. The Balaban J connectivity index is 1.37. The highest BCUT2D eigenvalue weighted by atomic mass is 15.0. The molecule has 3 heterocycles. The molecule has 7 aromatic rings. The Hall–Kier alpha value is -5.29. The van der Waals surface area contributed by atoms with Crippen LogP contribution in [0.25, 0.3) is 67.2 Å². The van der Waals surface area contributed by atoms with Gasteiger partial charge in [-0.1, -0.05) is 103 Å². The van der Waals surface area contributed by atoms with E-state index in [1.807, 2.05) is 85.1 Å². The molecule has 0 fully saturated rings. The Morgan fingerprint density at radius 1 is 0.368 bits per heavy atom. The smallest absolute Gasteiger partial charge is 0.164 e. The fourth-order valence-corrected chi connectivity index (χ4v) is 4.64. The van der Waals surface area contributed by atoms with Gasteiger partial charge in [0.25, 0.3) is 0 Å². The zero-order chi connectivity index (χ0) is 25.3. The van der Waals surface area contributed by atoms with E-state index in [0.29, 0.717) is 17.5 Å². The summed E-state index contributed by atoms with van der Waals surface area (Å²) in [7, 11) is 0. The molecule has 0 aliphatic carbocycles. The summed E-state index contributed by atoms with van der Waals surface area (Å²) < 4.78 is 0. The molecule has 0 bridgehead atoms. The fraction of sp³-hybridized carbons (Fsp3) is 0. The molecule has 0 aliphatic rings. The SMILES string of the molecule is c1ccc(-c2nc(-c3ccccc3)nc(-c3cccc(-c4ccc5ccc6cccnc6c5n4)c3)n2)cc1. The van der Waals surface area contributed by atoms with Crippen molar-refractivity contribution in [3.8, 4) is 45.4 Å². The molecule has 38 heavy (non-hydrogen) atoms. The van der Waals surface area contributed by atoms with E-state index >= 15 is 0 Å². The van der Waals surface area contributed by atoms with Crippen LogP contribution < -0.4 is 0 Å². The second-order valence-electron chi connectivity index (χ2n) is 9.03. The first kappa shape index (κ1) is 21.9. The van der Waals surface area contributed by atoms with Gasteiger partial charge < -0.3 is 0 Å². The third kappa shape index (κ3) is 4.06. The fourth-order valence-electron chi connectivity index (χ4n) is 4.64. The third-order valence-electron chi connectivity index (χ3n) is 6.55. The molecule has 7 rings (SSSR count). The third-order valence-corrected chi connectivity index (χ3v) is 6.55. The molecule has 0 spiro atoms. The minimum atomic E-state index is 0.618. The first-order chi connectivity index (χ1) is 18.8. The Labute approximate surface area is 219 Å². The molecule has 3 aromatic heterocycles. The van der Waals surface area contributed by atoms with Gasteiger partial charge in [-0.2, -0.15) is 0 Å². The van der Waals surface area contributed by atoms with Gasteiger partial charge in [-0.05, 0) is 18.2 Å². The van der Waals surface area contributed by atoms with Crippen LogP contribution in [0.2, 0.25) is 0 Å². The van der Waals surface area contributed by atoms with E-state index in [2.05, 4.69) is 47.4 Å². The summed E-state index contributed by atoms with van der Waals surface area (Å²) in [5.41, 5.74) is 6.44. The van der Waals surface area contributed by atoms with Crippen LogP contribution in [0.15, 0.2) is 128 Å². The van der Waals surface area contributed by atoms with Gasteiger partial charge >= 0.3 is 0 Å². The largest absolute Gasteiger partial charge is 0.254 e. The summed E-state index contributed by atoms with van der Waals surface area (Å²) in [4.78, 5) is 24.2. The Kier molecular flexibility index (Phi) is 5.37. The van der Waals surface area contributed by atoms with Crippen molar-refractivity contribution in [3.63, 3.8) is 0 Å². The average molecular weight is 488 g/mol. The quantitative estimate of drug-likeness (QED) is 0.239. The topological polar surface area (TPSA) is 64.5 Å². The van der Waals surface area contributed by atoms with E-state index in [1.54, 1.807) is 0 Å². The Morgan fingerprint density at radius 2 is 0.921 bits per heavy atom. The predicted molar refractivity (Wildman–Crippen MR) is 152 cm³/mol. The maximum Gasteiger partial charge on any atom is 0.164 e. The summed E-state index contributed by atoms with van der Waals surface area (Å²) >= 11 is 0. The van der Waals surface area contributed by atoms with E-state index in [4.69, 9.17) is 19.9 Å². The summed E-state index contributed by atoms with van der Waals surface area (Å²) in [5.74, 6) is 1.90. The van der Waals surface area contributed by atoms with Gasteiger partial charge in [-0.15, -0.1) is 0 Å². The van der Waals surface area contributed by atoms with Crippen LogP contribution in [0.4, 0.5) is 0 Å². The average Bonchev–Trinajstić information content (AvgIpc) is 3.01. The number of benzene rings is 4. The van der Waals surface area contributed by atoms with Crippen LogP contribution in [0.1, 0.15) is 0 Å². The molecule has 5 nitrogen and oxygen atoms in total. The van der Waals surface area contributed by atoms with Gasteiger partial charge in [0.05, 0.1) is 16.7 Å². The molecular weight excluding hydrogens is 466 g/mol. The summed E-state index contributed by atoms with van der Waals surface area (Å²) in [6, 6.07) is 40.5. The van der Waals surface area contributed by atoms with Gasteiger partial charge in [0.15, 0.2) is 17.5 Å². The number of aromatic nitrogens is 5. The molecule has 0 radical (unpaired) electrons. The molecule has 0 unspecified atom stereocenters. The summed E-state index contributed by atoms with van der Waals surface area (Å²) in [5, 5.41) is 2.14. The maximum absolute atomic E-state index is 5.02. The van der Waals surface area contributed by atoms with Gasteiger partial charge in [0, 0.05) is 39.2 Å². The molecule has 0 atom stereocenters. The molecule has 0 aliphatic heterocycles. The van der Waals surface area contributed by atoms with Crippen molar-refractivity contribution in [1.29, 1.82) is 0 Å². The lowest BCUT2D eigenvalue weighted by Gasteiger charge is -2.10. The Morgan fingerprint density at radius 3 is 1.61 bits per heavy atom. The molecule has 0 amide bonds. The van der Waals surface area contributed by atoms with Crippen molar-refractivity contribution in [2.45, 2.75) is 0 Å². The van der Waals surface area contributed by atoms with Crippen molar-refractivity contribution in [2.24, 2.45) is 0 Å². The highest BCUT2D eigenvalue weighted by Crippen LogP contribution is 2.29. The first-order valence-electron chi connectivity index (χ1n) is 12.4. The van der Waals surface area contributed by atoms with Crippen LogP contribution in [0.5, 0.6) is 0 Å². The van der Waals surface area contributed by atoms with Crippen LogP contribution in [0, 0.1) is 0 Å². The number of fused-ring (bicyclic) bond motifs is 3. The molecule has 178 valence electrons. The van der Waals surface area contributed by atoms with Gasteiger partial charge in [0.2, 0.25) is 0 Å². The maximum atomic E-state index is 5.02. The van der Waals surface area contributed by atoms with Crippen LogP contribution in [0.3, 0.4) is 0 Å². The van der Waals surface area contributed by atoms with Crippen LogP contribution in [-0.4, -0.2) is 24.9 Å².